The molecule has 0 fully saturated rings. The highest BCUT2D eigenvalue weighted by Crippen LogP contribution is 2.44. The van der Waals surface area contributed by atoms with Gasteiger partial charge in [0.05, 0.1) is 11.3 Å². The number of nitriles is 1. The number of hydrogen-bond donors (Lipinski definition) is 1. The Morgan fingerprint density at radius 3 is 2.85 bits per heavy atom. The van der Waals surface area contributed by atoms with Crippen LogP contribution in [0.15, 0.2) is 22.5 Å². The van der Waals surface area contributed by atoms with Crippen molar-refractivity contribution in [3.05, 3.63) is 34.3 Å². The van der Waals surface area contributed by atoms with E-state index in [9.17, 15) is 10.1 Å². The number of fused-ring (bicyclic) bond motifs is 1. The Kier molecular flexibility index (Phi) is 5.40. The third-order valence-electron chi connectivity index (χ3n) is 4.97. The number of carboxylic acid groups (broad SMARTS) is 1. The highest BCUT2D eigenvalue weighted by molar-refractivity contribution is 7.99. The summed E-state index contributed by atoms with van der Waals surface area (Å²) in [5.41, 5.74) is 3.89. The molecule has 0 amide bonds. The Balaban J connectivity index is 2.16. The zero-order chi connectivity index (χ0) is 18.9. The van der Waals surface area contributed by atoms with E-state index in [0.717, 1.165) is 47.2 Å². The number of hydrogen-bond acceptors (Lipinski definition) is 5. The maximum atomic E-state index is 11.0. The molecule has 0 aromatic carbocycles. The van der Waals surface area contributed by atoms with Gasteiger partial charge in [-0.1, -0.05) is 38.6 Å². The third kappa shape index (κ3) is 3.79. The number of aryl methyl sites for hydroxylation is 1. The van der Waals surface area contributed by atoms with Crippen LogP contribution in [-0.4, -0.2) is 21.8 Å². The first-order valence-corrected chi connectivity index (χ1v) is 10.5. The molecule has 0 saturated heterocycles. The SMILES string of the molecule is CC(C)(C)C1CCc2nc(SCC(=O)O)c(C#N)c(-c3cccs3)c2C1. The fraction of sp³-hybridized carbons (Fsp3) is 0.450. The van der Waals surface area contributed by atoms with Crippen molar-refractivity contribution in [3.63, 3.8) is 0 Å². The van der Waals surface area contributed by atoms with Gasteiger partial charge in [-0.2, -0.15) is 5.26 Å². The van der Waals surface area contributed by atoms with Gasteiger partial charge in [0.2, 0.25) is 0 Å². The first-order valence-electron chi connectivity index (χ1n) is 8.65. The smallest absolute Gasteiger partial charge is 0.313 e. The maximum absolute atomic E-state index is 11.0. The lowest BCUT2D eigenvalue weighted by Crippen LogP contribution is -2.28. The predicted octanol–water partition coefficient (Wildman–Crippen LogP) is 5.01. The Bertz CT molecular complexity index is 861. The molecule has 2 heterocycles. The van der Waals surface area contributed by atoms with Crippen molar-refractivity contribution in [1.29, 1.82) is 5.26 Å². The predicted molar refractivity (Wildman–Crippen MR) is 106 cm³/mol. The van der Waals surface area contributed by atoms with Crippen LogP contribution in [0.4, 0.5) is 0 Å². The molecule has 0 radical (unpaired) electrons. The summed E-state index contributed by atoms with van der Waals surface area (Å²) >= 11 is 2.76. The van der Waals surface area contributed by atoms with Crippen molar-refractivity contribution in [3.8, 4) is 16.5 Å². The highest BCUT2D eigenvalue weighted by atomic mass is 32.2. The number of aliphatic carboxylic acids is 1. The van der Waals surface area contributed by atoms with Gasteiger partial charge in [0.1, 0.15) is 11.1 Å². The van der Waals surface area contributed by atoms with Gasteiger partial charge in [-0.3, -0.25) is 4.79 Å². The summed E-state index contributed by atoms with van der Waals surface area (Å²) in [7, 11) is 0. The monoisotopic (exact) mass is 386 g/mol. The van der Waals surface area contributed by atoms with E-state index in [-0.39, 0.29) is 11.2 Å². The van der Waals surface area contributed by atoms with Gasteiger partial charge in [-0.15, -0.1) is 11.3 Å². The van der Waals surface area contributed by atoms with Gasteiger partial charge in [-0.25, -0.2) is 4.98 Å². The zero-order valence-electron chi connectivity index (χ0n) is 15.2. The second-order valence-electron chi connectivity index (χ2n) is 7.67. The van der Waals surface area contributed by atoms with Crippen LogP contribution >= 0.6 is 23.1 Å². The van der Waals surface area contributed by atoms with Gasteiger partial charge < -0.3 is 5.11 Å². The maximum Gasteiger partial charge on any atom is 0.313 e. The van der Waals surface area contributed by atoms with Crippen LogP contribution in [0.25, 0.3) is 10.4 Å². The van der Waals surface area contributed by atoms with E-state index in [1.54, 1.807) is 11.3 Å². The van der Waals surface area contributed by atoms with Crippen molar-refractivity contribution in [2.45, 2.75) is 45.1 Å². The van der Waals surface area contributed by atoms with Crippen LogP contribution in [0, 0.1) is 22.7 Å². The molecule has 3 rings (SSSR count). The quantitative estimate of drug-likeness (QED) is 0.748. The number of carbonyl (C=O) groups is 1. The van der Waals surface area contributed by atoms with Crippen LogP contribution in [0.2, 0.25) is 0 Å². The lowest BCUT2D eigenvalue weighted by molar-refractivity contribution is -0.133. The molecular weight excluding hydrogens is 364 g/mol. The lowest BCUT2D eigenvalue weighted by atomic mass is 9.70. The summed E-state index contributed by atoms with van der Waals surface area (Å²) in [6, 6.07) is 6.33. The van der Waals surface area contributed by atoms with E-state index in [1.807, 2.05) is 17.5 Å². The van der Waals surface area contributed by atoms with E-state index in [0.29, 0.717) is 16.5 Å². The molecule has 4 nitrogen and oxygen atoms in total. The van der Waals surface area contributed by atoms with Crippen molar-refractivity contribution in [2.75, 3.05) is 5.75 Å². The van der Waals surface area contributed by atoms with Gasteiger partial charge in [-0.05, 0) is 47.6 Å². The average Bonchev–Trinajstić information content (AvgIpc) is 3.11. The Morgan fingerprint density at radius 1 is 1.50 bits per heavy atom. The molecule has 1 unspecified atom stereocenters. The molecule has 1 aliphatic carbocycles. The fourth-order valence-electron chi connectivity index (χ4n) is 3.50. The molecule has 136 valence electrons. The number of thioether (sulfide) groups is 1. The van der Waals surface area contributed by atoms with Crippen LogP contribution in [0.5, 0.6) is 0 Å². The van der Waals surface area contributed by atoms with E-state index in [2.05, 4.69) is 26.8 Å². The minimum absolute atomic E-state index is 0.0883. The largest absolute Gasteiger partial charge is 0.481 e. The normalized spacial score (nSPS) is 16.8. The van der Waals surface area contributed by atoms with Crippen LogP contribution < -0.4 is 0 Å². The number of rotatable bonds is 4. The number of thiophene rings is 1. The van der Waals surface area contributed by atoms with Gasteiger partial charge in [0, 0.05) is 16.1 Å². The Morgan fingerprint density at radius 2 is 2.27 bits per heavy atom. The molecular formula is C20H22N2O2S2. The zero-order valence-corrected chi connectivity index (χ0v) is 16.8. The molecule has 26 heavy (non-hydrogen) atoms. The molecule has 6 heteroatoms. The van der Waals surface area contributed by atoms with E-state index >= 15 is 0 Å². The fourth-order valence-corrected chi connectivity index (χ4v) is 5.04. The summed E-state index contributed by atoms with van der Waals surface area (Å²) in [6.45, 7) is 6.80. The number of pyridine rings is 1. The Hall–Kier alpha value is -1.84. The van der Waals surface area contributed by atoms with E-state index in [4.69, 9.17) is 10.1 Å². The average molecular weight is 387 g/mol. The van der Waals surface area contributed by atoms with Crippen molar-refractivity contribution in [1.82, 2.24) is 4.98 Å². The Labute approximate surface area is 162 Å². The highest BCUT2D eigenvalue weighted by Gasteiger charge is 2.33. The second-order valence-corrected chi connectivity index (χ2v) is 9.58. The van der Waals surface area contributed by atoms with Gasteiger partial charge >= 0.3 is 5.97 Å². The first-order chi connectivity index (χ1) is 12.3. The summed E-state index contributed by atoms with van der Waals surface area (Å²) < 4.78 is 0. The molecule has 0 aliphatic heterocycles. The molecule has 1 aliphatic rings. The van der Waals surface area contributed by atoms with Crippen LogP contribution in [0.3, 0.4) is 0 Å². The van der Waals surface area contributed by atoms with Gasteiger partial charge in [0.25, 0.3) is 0 Å². The van der Waals surface area contributed by atoms with Crippen LogP contribution in [-0.2, 0) is 17.6 Å². The summed E-state index contributed by atoms with van der Waals surface area (Å²) in [4.78, 5) is 16.8. The lowest BCUT2D eigenvalue weighted by Gasteiger charge is -2.35. The van der Waals surface area contributed by atoms with Crippen molar-refractivity contribution < 1.29 is 9.90 Å². The van der Waals surface area contributed by atoms with Crippen molar-refractivity contribution >= 4 is 29.1 Å². The molecule has 0 spiro atoms. The minimum atomic E-state index is -0.899. The van der Waals surface area contributed by atoms with E-state index < -0.39 is 5.97 Å². The van der Waals surface area contributed by atoms with Gasteiger partial charge in [0.15, 0.2) is 0 Å². The summed E-state index contributed by atoms with van der Waals surface area (Å²) in [5.74, 6) is -0.446. The first kappa shape index (κ1) is 18.9. The minimum Gasteiger partial charge on any atom is -0.481 e. The molecule has 1 atom stereocenters. The van der Waals surface area contributed by atoms with Crippen LogP contribution in [0.1, 0.15) is 44.0 Å². The summed E-state index contributed by atoms with van der Waals surface area (Å²) in [6.07, 6.45) is 2.86. The molecule has 2 aromatic heterocycles. The standard InChI is InChI=1S/C20H22N2O2S2/c1-20(2,3)12-6-7-15-13(9-12)18(16-5-4-8-25-16)14(10-21)19(22-15)26-11-17(23)24/h4-5,8,12H,6-7,9,11H2,1-3H3,(H,23,24). The second kappa shape index (κ2) is 7.42. The number of aromatic nitrogens is 1. The molecule has 0 bridgehead atoms. The third-order valence-corrected chi connectivity index (χ3v) is 6.81. The molecule has 1 N–H and O–H groups in total. The molecule has 0 saturated carbocycles. The van der Waals surface area contributed by atoms with E-state index in [1.165, 1.54) is 5.56 Å². The number of carboxylic acids is 1. The molecule has 2 aromatic rings. The topological polar surface area (TPSA) is 74.0 Å². The number of nitrogens with zero attached hydrogens (tertiary/aromatic N) is 2. The van der Waals surface area contributed by atoms with Crippen molar-refractivity contribution in [2.24, 2.45) is 11.3 Å². The summed E-state index contributed by atoms with van der Waals surface area (Å²) in [5, 5.41) is 21.4.